The average molecular weight is 295 g/mol. The Morgan fingerprint density at radius 2 is 1.94 bits per heavy atom. The van der Waals surface area contributed by atoms with Gasteiger partial charge >= 0.3 is 0 Å². The quantitative estimate of drug-likeness (QED) is 0.864. The van der Waals surface area contributed by atoms with Gasteiger partial charge in [-0.05, 0) is 30.3 Å². The minimum absolute atomic E-state index is 0.236. The van der Waals surface area contributed by atoms with E-state index in [1.165, 1.54) is 12.3 Å². The van der Waals surface area contributed by atoms with Crippen LogP contribution < -0.4 is 5.32 Å². The monoisotopic (exact) mass is 294 g/mol. The lowest BCUT2D eigenvalue weighted by Crippen LogP contribution is -2.12. The molecule has 86 valence electrons. The smallest absolute Gasteiger partial charge is 0.255 e. The molecule has 5 heteroatoms. The Balaban J connectivity index is 2.14. The van der Waals surface area contributed by atoms with Crippen LogP contribution in [0, 0.1) is 5.95 Å². The Bertz CT molecular complexity index is 542. The fourth-order valence-corrected chi connectivity index (χ4v) is 1.54. The van der Waals surface area contributed by atoms with Gasteiger partial charge in [-0.2, -0.15) is 4.39 Å². The van der Waals surface area contributed by atoms with Crippen molar-refractivity contribution in [1.82, 2.24) is 4.98 Å². The van der Waals surface area contributed by atoms with Gasteiger partial charge in [0.1, 0.15) is 0 Å². The Hall–Kier alpha value is -1.75. The number of hydrogen-bond acceptors (Lipinski definition) is 2. The van der Waals surface area contributed by atoms with Crippen molar-refractivity contribution >= 4 is 27.5 Å². The van der Waals surface area contributed by atoms with E-state index in [0.29, 0.717) is 5.69 Å². The molecule has 0 aliphatic rings. The molecular formula is C12H8BrFN2O. The highest BCUT2D eigenvalue weighted by molar-refractivity contribution is 9.10. The van der Waals surface area contributed by atoms with Crippen LogP contribution >= 0.6 is 15.9 Å². The molecule has 2 rings (SSSR count). The standard InChI is InChI=1S/C12H8BrFN2O/c13-9-1-3-10(4-2-9)16-12(17)8-5-6-15-11(14)7-8/h1-7H,(H,16,17). The predicted octanol–water partition coefficient (Wildman–Crippen LogP) is 3.24. The van der Waals surface area contributed by atoms with Crippen LogP contribution in [0.3, 0.4) is 0 Å². The van der Waals surface area contributed by atoms with E-state index in [4.69, 9.17) is 0 Å². The lowest BCUT2D eigenvalue weighted by Gasteiger charge is -2.04. The zero-order valence-corrected chi connectivity index (χ0v) is 10.2. The molecule has 0 aliphatic carbocycles. The van der Waals surface area contributed by atoms with E-state index in [0.717, 1.165) is 10.5 Å². The Morgan fingerprint density at radius 3 is 2.59 bits per heavy atom. The highest BCUT2D eigenvalue weighted by Crippen LogP contribution is 2.15. The van der Waals surface area contributed by atoms with Gasteiger partial charge in [0.05, 0.1) is 0 Å². The largest absolute Gasteiger partial charge is 0.322 e. The number of nitrogens with one attached hydrogen (secondary N) is 1. The van der Waals surface area contributed by atoms with Gasteiger partial charge in [0.15, 0.2) is 0 Å². The summed E-state index contributed by atoms with van der Waals surface area (Å²) in [5.74, 6) is -1.04. The number of aromatic nitrogens is 1. The van der Waals surface area contributed by atoms with Crippen molar-refractivity contribution in [1.29, 1.82) is 0 Å². The van der Waals surface area contributed by atoms with Crippen LogP contribution in [0.4, 0.5) is 10.1 Å². The summed E-state index contributed by atoms with van der Waals surface area (Å²) in [7, 11) is 0. The maximum absolute atomic E-state index is 12.8. The lowest BCUT2D eigenvalue weighted by molar-refractivity contribution is 0.102. The SMILES string of the molecule is O=C(Nc1ccc(Br)cc1)c1ccnc(F)c1. The molecule has 0 spiro atoms. The van der Waals surface area contributed by atoms with Gasteiger partial charge in [-0.1, -0.05) is 15.9 Å². The number of nitrogens with zero attached hydrogens (tertiary/aromatic N) is 1. The normalized spacial score (nSPS) is 10.0. The lowest BCUT2D eigenvalue weighted by atomic mass is 10.2. The summed E-state index contributed by atoms with van der Waals surface area (Å²) in [5, 5.41) is 2.66. The average Bonchev–Trinajstić information content (AvgIpc) is 2.32. The van der Waals surface area contributed by atoms with E-state index >= 15 is 0 Å². The van der Waals surface area contributed by atoms with Gasteiger partial charge in [0, 0.05) is 28.0 Å². The van der Waals surface area contributed by atoms with Crippen LogP contribution in [0.15, 0.2) is 47.1 Å². The Labute approximate surface area is 106 Å². The molecule has 0 radical (unpaired) electrons. The number of rotatable bonds is 2. The van der Waals surface area contributed by atoms with Gasteiger partial charge < -0.3 is 5.32 Å². The van der Waals surface area contributed by atoms with Crippen molar-refractivity contribution < 1.29 is 9.18 Å². The summed E-state index contributed by atoms with van der Waals surface area (Å²) in [5.41, 5.74) is 0.885. The molecule has 1 aromatic heterocycles. The molecular weight excluding hydrogens is 287 g/mol. The minimum Gasteiger partial charge on any atom is -0.322 e. The molecule has 0 bridgehead atoms. The molecule has 0 atom stereocenters. The van der Waals surface area contributed by atoms with E-state index < -0.39 is 5.95 Å². The van der Waals surface area contributed by atoms with Crippen LogP contribution in [0.2, 0.25) is 0 Å². The van der Waals surface area contributed by atoms with Gasteiger partial charge in [-0.15, -0.1) is 0 Å². The van der Waals surface area contributed by atoms with Crippen LogP contribution in [-0.4, -0.2) is 10.9 Å². The van der Waals surface area contributed by atoms with Crippen LogP contribution in [0.25, 0.3) is 0 Å². The zero-order valence-electron chi connectivity index (χ0n) is 8.65. The van der Waals surface area contributed by atoms with Crippen LogP contribution in [-0.2, 0) is 0 Å². The molecule has 1 heterocycles. The maximum Gasteiger partial charge on any atom is 0.255 e. The number of amides is 1. The second-order valence-electron chi connectivity index (χ2n) is 3.33. The van der Waals surface area contributed by atoms with Crippen molar-refractivity contribution in [2.24, 2.45) is 0 Å². The second-order valence-corrected chi connectivity index (χ2v) is 4.24. The molecule has 3 nitrogen and oxygen atoms in total. The molecule has 1 amide bonds. The molecule has 1 N–H and O–H groups in total. The first kappa shape index (κ1) is 11.7. The minimum atomic E-state index is -0.673. The van der Waals surface area contributed by atoms with Crippen molar-refractivity contribution in [3.63, 3.8) is 0 Å². The zero-order chi connectivity index (χ0) is 12.3. The number of pyridine rings is 1. The van der Waals surface area contributed by atoms with Gasteiger partial charge in [0.2, 0.25) is 5.95 Å². The van der Waals surface area contributed by atoms with Gasteiger partial charge in [-0.25, -0.2) is 4.98 Å². The van der Waals surface area contributed by atoms with Crippen molar-refractivity contribution in [2.75, 3.05) is 5.32 Å². The van der Waals surface area contributed by atoms with Gasteiger partial charge in [0.25, 0.3) is 5.91 Å². The summed E-state index contributed by atoms with van der Waals surface area (Å²) in [6.07, 6.45) is 1.26. The fourth-order valence-electron chi connectivity index (χ4n) is 1.28. The van der Waals surface area contributed by atoms with E-state index in [1.54, 1.807) is 12.1 Å². The summed E-state index contributed by atoms with van der Waals surface area (Å²) in [6, 6.07) is 9.66. The summed E-state index contributed by atoms with van der Waals surface area (Å²) >= 11 is 3.30. The van der Waals surface area contributed by atoms with Crippen molar-refractivity contribution in [2.45, 2.75) is 0 Å². The highest BCUT2D eigenvalue weighted by Gasteiger charge is 2.07. The molecule has 0 aliphatic heterocycles. The number of carbonyl (C=O) groups excluding carboxylic acids is 1. The number of halogens is 2. The highest BCUT2D eigenvalue weighted by atomic mass is 79.9. The molecule has 0 fully saturated rings. The van der Waals surface area contributed by atoms with Gasteiger partial charge in [-0.3, -0.25) is 4.79 Å². The topological polar surface area (TPSA) is 42.0 Å². The molecule has 2 aromatic rings. The van der Waals surface area contributed by atoms with Crippen molar-refractivity contribution in [3.05, 3.63) is 58.6 Å². The Morgan fingerprint density at radius 1 is 1.24 bits per heavy atom. The van der Waals surface area contributed by atoms with E-state index in [-0.39, 0.29) is 11.5 Å². The maximum atomic E-state index is 12.8. The Kier molecular flexibility index (Phi) is 3.49. The first-order chi connectivity index (χ1) is 8.15. The van der Waals surface area contributed by atoms with Crippen LogP contribution in [0.1, 0.15) is 10.4 Å². The summed E-state index contributed by atoms with van der Waals surface area (Å²) in [6.45, 7) is 0. The summed E-state index contributed by atoms with van der Waals surface area (Å²) in [4.78, 5) is 15.1. The number of anilines is 1. The fraction of sp³-hybridized carbons (Fsp3) is 0. The predicted molar refractivity (Wildman–Crippen MR) is 66.3 cm³/mol. The van der Waals surface area contributed by atoms with E-state index in [2.05, 4.69) is 26.2 Å². The second kappa shape index (κ2) is 5.05. The van der Waals surface area contributed by atoms with E-state index in [9.17, 15) is 9.18 Å². The molecule has 0 unspecified atom stereocenters. The molecule has 0 saturated carbocycles. The first-order valence-corrected chi connectivity index (χ1v) is 5.63. The molecule has 1 aromatic carbocycles. The third-order valence-corrected chi connectivity index (χ3v) is 2.62. The number of carbonyl (C=O) groups is 1. The number of benzene rings is 1. The summed E-state index contributed by atoms with van der Waals surface area (Å²) < 4.78 is 13.7. The molecule has 17 heavy (non-hydrogen) atoms. The number of hydrogen-bond donors (Lipinski definition) is 1. The van der Waals surface area contributed by atoms with Crippen molar-refractivity contribution in [3.8, 4) is 0 Å². The van der Waals surface area contributed by atoms with Crippen LogP contribution in [0.5, 0.6) is 0 Å². The van der Waals surface area contributed by atoms with E-state index in [1.807, 2.05) is 12.1 Å². The third kappa shape index (κ3) is 3.10. The third-order valence-electron chi connectivity index (χ3n) is 2.09. The first-order valence-electron chi connectivity index (χ1n) is 4.83. The molecule has 0 saturated heterocycles.